The Hall–Kier alpha value is -3.03. The zero-order chi connectivity index (χ0) is 19.5. The normalized spacial score (nSPS) is 18.9. The molecular formula is C21H24N6O. The first kappa shape index (κ1) is 18.3. The Morgan fingerprint density at radius 1 is 1.18 bits per heavy atom. The van der Waals surface area contributed by atoms with Gasteiger partial charge >= 0.3 is 0 Å². The Bertz CT molecular complexity index is 951. The Morgan fingerprint density at radius 3 is 2.68 bits per heavy atom. The summed E-state index contributed by atoms with van der Waals surface area (Å²) >= 11 is 0. The van der Waals surface area contributed by atoms with Gasteiger partial charge in [0.25, 0.3) is 0 Å². The van der Waals surface area contributed by atoms with E-state index in [9.17, 15) is 4.79 Å². The molecule has 1 aliphatic heterocycles. The van der Waals surface area contributed by atoms with E-state index in [1.807, 2.05) is 25.1 Å². The highest BCUT2D eigenvalue weighted by molar-refractivity contribution is 5.82. The summed E-state index contributed by atoms with van der Waals surface area (Å²) in [5, 5.41) is 2.96. The van der Waals surface area contributed by atoms with Crippen LogP contribution in [0.4, 0.5) is 0 Å². The van der Waals surface area contributed by atoms with Gasteiger partial charge in [0.15, 0.2) is 0 Å². The summed E-state index contributed by atoms with van der Waals surface area (Å²) in [6, 6.07) is 14.1. The van der Waals surface area contributed by atoms with Crippen molar-refractivity contribution in [2.45, 2.75) is 38.9 Å². The largest absolute Gasteiger partial charge is 0.347 e. The van der Waals surface area contributed by atoms with Gasteiger partial charge in [-0.3, -0.25) is 15.2 Å². The monoisotopic (exact) mass is 376 g/mol. The van der Waals surface area contributed by atoms with Gasteiger partial charge in [0.05, 0.1) is 23.6 Å². The fraction of sp³-hybridized carbons (Fsp3) is 0.286. The van der Waals surface area contributed by atoms with E-state index in [1.165, 1.54) is 5.56 Å². The van der Waals surface area contributed by atoms with E-state index in [4.69, 9.17) is 4.98 Å². The van der Waals surface area contributed by atoms with Crippen LogP contribution in [0.2, 0.25) is 0 Å². The third-order valence-corrected chi connectivity index (χ3v) is 4.84. The summed E-state index contributed by atoms with van der Waals surface area (Å²) in [6.45, 7) is 4.43. The van der Waals surface area contributed by atoms with Crippen molar-refractivity contribution in [3.8, 4) is 22.6 Å². The number of nitrogens with zero attached hydrogens (tertiary/aromatic N) is 2. The molecule has 4 N–H and O–H groups in total. The summed E-state index contributed by atoms with van der Waals surface area (Å²) < 4.78 is 0. The highest BCUT2D eigenvalue weighted by Gasteiger charge is 2.26. The molecule has 1 aliphatic rings. The van der Waals surface area contributed by atoms with Crippen LogP contribution in [0.1, 0.15) is 24.7 Å². The smallest absolute Gasteiger partial charge is 0.238 e. The van der Waals surface area contributed by atoms with Crippen molar-refractivity contribution in [1.29, 1.82) is 0 Å². The van der Waals surface area contributed by atoms with Gasteiger partial charge in [-0.25, -0.2) is 10.4 Å². The van der Waals surface area contributed by atoms with Crippen molar-refractivity contribution < 1.29 is 4.79 Å². The number of amides is 1. The molecule has 1 amide bonds. The Morgan fingerprint density at radius 2 is 2.00 bits per heavy atom. The minimum Gasteiger partial charge on any atom is -0.347 e. The number of hydrogen-bond donors (Lipinski definition) is 4. The number of hydrogen-bond acceptors (Lipinski definition) is 5. The van der Waals surface area contributed by atoms with Crippen molar-refractivity contribution in [3.63, 3.8) is 0 Å². The molecule has 2 atom stereocenters. The number of carbonyl (C=O) groups is 1. The maximum Gasteiger partial charge on any atom is 0.238 e. The van der Waals surface area contributed by atoms with Gasteiger partial charge in [-0.15, -0.1) is 0 Å². The number of rotatable bonds is 5. The van der Waals surface area contributed by atoms with Crippen LogP contribution in [0.3, 0.4) is 0 Å². The van der Waals surface area contributed by atoms with E-state index < -0.39 is 0 Å². The van der Waals surface area contributed by atoms with E-state index in [2.05, 4.69) is 57.3 Å². The van der Waals surface area contributed by atoms with Crippen LogP contribution in [0, 0.1) is 6.92 Å². The predicted octanol–water partition coefficient (Wildman–Crippen LogP) is 2.32. The number of aromatic amines is 1. The van der Waals surface area contributed by atoms with Gasteiger partial charge in [-0.1, -0.05) is 35.9 Å². The Kier molecular flexibility index (Phi) is 5.18. The first-order valence-corrected chi connectivity index (χ1v) is 9.46. The van der Waals surface area contributed by atoms with Crippen molar-refractivity contribution in [3.05, 3.63) is 60.0 Å². The van der Waals surface area contributed by atoms with Crippen LogP contribution in [0.25, 0.3) is 22.6 Å². The molecule has 0 aliphatic carbocycles. The van der Waals surface area contributed by atoms with Crippen LogP contribution in [0.15, 0.2) is 48.7 Å². The standard InChI is InChI=1S/C21H24N6O/c1-13-6-8-15(9-7-13)19-20(16-5-3-4-10-22-16)25-18(24-19)12-23-21(28)17-11-14(2)26-27-17/h3-10,14,17,26-27H,11-12H2,1-2H3,(H,23,28)(H,24,25). The molecule has 0 saturated carbocycles. The van der Waals surface area contributed by atoms with Crippen molar-refractivity contribution in [1.82, 2.24) is 31.1 Å². The van der Waals surface area contributed by atoms with Crippen molar-refractivity contribution >= 4 is 5.91 Å². The van der Waals surface area contributed by atoms with E-state index in [-0.39, 0.29) is 18.0 Å². The van der Waals surface area contributed by atoms with Crippen LogP contribution < -0.4 is 16.2 Å². The number of aryl methyl sites for hydroxylation is 1. The van der Waals surface area contributed by atoms with E-state index in [0.29, 0.717) is 12.4 Å². The van der Waals surface area contributed by atoms with Crippen LogP contribution in [0.5, 0.6) is 0 Å². The van der Waals surface area contributed by atoms with Crippen LogP contribution >= 0.6 is 0 Å². The number of H-pyrrole nitrogens is 1. The highest BCUT2D eigenvalue weighted by Crippen LogP contribution is 2.29. The lowest BCUT2D eigenvalue weighted by Gasteiger charge is -2.09. The molecule has 2 unspecified atom stereocenters. The number of nitrogens with one attached hydrogen (secondary N) is 4. The second-order valence-electron chi connectivity index (χ2n) is 7.18. The topological polar surface area (TPSA) is 94.7 Å². The van der Waals surface area contributed by atoms with Gasteiger partial charge in [0, 0.05) is 17.8 Å². The van der Waals surface area contributed by atoms with Gasteiger partial charge in [0.2, 0.25) is 5.91 Å². The van der Waals surface area contributed by atoms with Gasteiger partial charge in [0.1, 0.15) is 11.9 Å². The average molecular weight is 376 g/mol. The zero-order valence-corrected chi connectivity index (χ0v) is 16.0. The lowest BCUT2D eigenvalue weighted by atomic mass is 10.1. The maximum absolute atomic E-state index is 12.4. The molecule has 1 fully saturated rings. The fourth-order valence-electron chi connectivity index (χ4n) is 3.30. The molecule has 1 saturated heterocycles. The van der Waals surface area contributed by atoms with Crippen LogP contribution in [-0.4, -0.2) is 32.9 Å². The molecule has 7 heteroatoms. The second-order valence-corrected chi connectivity index (χ2v) is 7.18. The molecule has 28 heavy (non-hydrogen) atoms. The molecule has 3 aromatic rings. The van der Waals surface area contributed by atoms with Gasteiger partial charge < -0.3 is 10.3 Å². The lowest BCUT2D eigenvalue weighted by Crippen LogP contribution is -2.43. The van der Waals surface area contributed by atoms with Crippen molar-refractivity contribution in [2.75, 3.05) is 0 Å². The Balaban J connectivity index is 1.58. The van der Waals surface area contributed by atoms with Crippen LogP contribution in [-0.2, 0) is 11.3 Å². The molecule has 7 nitrogen and oxygen atoms in total. The third kappa shape index (κ3) is 3.95. The molecule has 2 aromatic heterocycles. The third-order valence-electron chi connectivity index (χ3n) is 4.84. The molecule has 4 rings (SSSR count). The summed E-state index contributed by atoms with van der Waals surface area (Å²) in [7, 11) is 0. The molecule has 144 valence electrons. The number of carbonyl (C=O) groups excluding carboxylic acids is 1. The first-order valence-electron chi connectivity index (χ1n) is 9.46. The van der Waals surface area contributed by atoms with Gasteiger partial charge in [-0.05, 0) is 32.4 Å². The second kappa shape index (κ2) is 7.92. The molecule has 3 heterocycles. The number of pyridine rings is 1. The SMILES string of the molecule is Cc1ccc(-c2nc(CNC(=O)C3CC(C)NN3)[nH]c2-c2ccccn2)cc1. The van der Waals surface area contributed by atoms with Gasteiger partial charge in [-0.2, -0.15) is 0 Å². The zero-order valence-electron chi connectivity index (χ0n) is 16.0. The number of imidazole rings is 1. The molecular weight excluding hydrogens is 352 g/mol. The molecule has 0 radical (unpaired) electrons. The van der Waals surface area contributed by atoms with E-state index in [0.717, 1.165) is 29.1 Å². The van der Waals surface area contributed by atoms with E-state index in [1.54, 1.807) is 6.20 Å². The minimum atomic E-state index is -0.225. The summed E-state index contributed by atoms with van der Waals surface area (Å²) in [4.78, 5) is 24.9. The predicted molar refractivity (Wildman–Crippen MR) is 108 cm³/mol. The molecule has 0 spiro atoms. The molecule has 0 bridgehead atoms. The fourth-order valence-corrected chi connectivity index (χ4v) is 3.30. The highest BCUT2D eigenvalue weighted by atomic mass is 16.2. The average Bonchev–Trinajstić information content (AvgIpc) is 3.34. The van der Waals surface area contributed by atoms with Crippen molar-refractivity contribution in [2.24, 2.45) is 0 Å². The number of hydrazine groups is 1. The number of benzene rings is 1. The summed E-state index contributed by atoms with van der Waals surface area (Å²) in [6.07, 6.45) is 2.52. The maximum atomic E-state index is 12.4. The van der Waals surface area contributed by atoms with E-state index >= 15 is 0 Å². The Labute approximate surface area is 164 Å². The number of aromatic nitrogens is 3. The first-order chi connectivity index (χ1) is 13.6. The lowest BCUT2D eigenvalue weighted by molar-refractivity contribution is -0.123. The molecule has 1 aromatic carbocycles. The quantitative estimate of drug-likeness (QED) is 0.548. The summed E-state index contributed by atoms with van der Waals surface area (Å²) in [5.41, 5.74) is 10.8. The summed E-state index contributed by atoms with van der Waals surface area (Å²) in [5.74, 6) is 0.660. The minimum absolute atomic E-state index is 0.0375.